The zero-order valence-corrected chi connectivity index (χ0v) is 10.1. The summed E-state index contributed by atoms with van der Waals surface area (Å²) >= 11 is 0. The molecule has 2 rings (SSSR count). The highest BCUT2D eigenvalue weighted by atomic mass is 16.3. The van der Waals surface area contributed by atoms with Crippen LogP contribution in [0.4, 0.5) is 0 Å². The second-order valence-corrected chi connectivity index (χ2v) is 6.04. The van der Waals surface area contributed by atoms with Crippen LogP contribution >= 0.6 is 0 Å². The van der Waals surface area contributed by atoms with E-state index in [-0.39, 0.29) is 5.41 Å². The van der Waals surface area contributed by atoms with Crippen molar-refractivity contribution in [1.29, 1.82) is 0 Å². The normalized spacial score (nSPS) is 46.2. The minimum absolute atomic E-state index is 0.145. The summed E-state index contributed by atoms with van der Waals surface area (Å²) in [5, 5.41) is 13.3. The molecule has 0 amide bonds. The Kier molecular flexibility index (Phi) is 3.36. The van der Waals surface area contributed by atoms with E-state index in [1.807, 2.05) is 0 Å². The molecule has 2 saturated carbocycles. The summed E-state index contributed by atoms with van der Waals surface area (Å²) in [5.74, 6) is 0.893. The number of rotatable bonds is 3. The summed E-state index contributed by atoms with van der Waals surface area (Å²) in [6.45, 7) is 4.92. The van der Waals surface area contributed by atoms with Crippen molar-refractivity contribution in [1.82, 2.24) is 5.32 Å². The fourth-order valence-electron chi connectivity index (χ4n) is 3.35. The number of nitrogens with one attached hydrogen (secondary N) is 1. The fourth-order valence-corrected chi connectivity index (χ4v) is 3.35. The molecule has 0 aromatic heterocycles. The van der Waals surface area contributed by atoms with E-state index in [2.05, 4.69) is 19.2 Å². The van der Waals surface area contributed by atoms with Gasteiger partial charge >= 0.3 is 0 Å². The fraction of sp³-hybridized carbons (Fsp3) is 1.00. The largest absolute Gasteiger partial charge is 0.396 e. The quantitative estimate of drug-likeness (QED) is 0.751. The third-order valence-electron chi connectivity index (χ3n) is 4.57. The molecule has 2 nitrogen and oxygen atoms in total. The molecule has 0 aromatic carbocycles. The van der Waals surface area contributed by atoms with Gasteiger partial charge in [0.25, 0.3) is 0 Å². The molecule has 2 aliphatic rings. The Bertz CT molecular complexity index is 219. The maximum Gasteiger partial charge on any atom is 0.0499 e. The molecular formula is C13H25NO. The molecule has 2 N–H and O–H groups in total. The summed E-state index contributed by atoms with van der Waals surface area (Å²) in [5.41, 5.74) is 0.145. The van der Waals surface area contributed by atoms with Gasteiger partial charge in [0, 0.05) is 24.1 Å². The van der Waals surface area contributed by atoms with Gasteiger partial charge in [-0.2, -0.15) is 0 Å². The lowest BCUT2D eigenvalue weighted by Crippen LogP contribution is -2.45. The van der Waals surface area contributed by atoms with Crippen LogP contribution in [0.5, 0.6) is 0 Å². The Balaban J connectivity index is 1.88. The van der Waals surface area contributed by atoms with Crippen LogP contribution in [-0.2, 0) is 0 Å². The lowest BCUT2D eigenvalue weighted by atomic mass is 9.85. The summed E-state index contributed by atoms with van der Waals surface area (Å²) in [6.07, 6.45) is 7.75. The average molecular weight is 211 g/mol. The van der Waals surface area contributed by atoms with Crippen molar-refractivity contribution in [2.75, 3.05) is 6.61 Å². The third-order valence-corrected chi connectivity index (χ3v) is 4.57. The van der Waals surface area contributed by atoms with E-state index in [4.69, 9.17) is 0 Å². The van der Waals surface area contributed by atoms with Crippen LogP contribution in [0.15, 0.2) is 0 Å². The van der Waals surface area contributed by atoms with E-state index < -0.39 is 0 Å². The van der Waals surface area contributed by atoms with Gasteiger partial charge in [-0.3, -0.25) is 0 Å². The predicted molar refractivity (Wildman–Crippen MR) is 62.8 cm³/mol. The topological polar surface area (TPSA) is 32.3 Å². The first-order valence-electron chi connectivity index (χ1n) is 6.51. The zero-order chi connectivity index (χ0) is 10.9. The molecule has 2 fully saturated rings. The lowest BCUT2D eigenvalue weighted by Gasteiger charge is -2.32. The summed E-state index contributed by atoms with van der Waals surface area (Å²) < 4.78 is 0. The number of aliphatic hydroxyl groups is 1. The van der Waals surface area contributed by atoms with Crippen LogP contribution < -0.4 is 5.32 Å². The molecule has 0 radical (unpaired) electrons. The molecule has 0 heterocycles. The van der Waals surface area contributed by atoms with E-state index in [1.165, 1.54) is 38.5 Å². The van der Waals surface area contributed by atoms with E-state index in [1.54, 1.807) is 0 Å². The first-order valence-corrected chi connectivity index (χ1v) is 6.51. The second kappa shape index (κ2) is 4.42. The molecule has 4 unspecified atom stereocenters. The van der Waals surface area contributed by atoms with Crippen molar-refractivity contribution in [2.24, 2.45) is 11.3 Å². The monoisotopic (exact) mass is 211 g/mol. The summed E-state index contributed by atoms with van der Waals surface area (Å²) in [7, 11) is 0. The molecule has 2 aliphatic carbocycles. The van der Waals surface area contributed by atoms with Gasteiger partial charge in [-0.25, -0.2) is 0 Å². The Labute approximate surface area is 93.5 Å². The number of hydrogen-bond acceptors (Lipinski definition) is 2. The first kappa shape index (κ1) is 11.4. The molecule has 0 bridgehead atoms. The van der Waals surface area contributed by atoms with Crippen molar-refractivity contribution in [2.45, 2.75) is 64.5 Å². The minimum Gasteiger partial charge on any atom is -0.396 e. The van der Waals surface area contributed by atoms with Crippen LogP contribution in [0, 0.1) is 11.3 Å². The van der Waals surface area contributed by atoms with Gasteiger partial charge in [-0.05, 0) is 38.0 Å². The van der Waals surface area contributed by atoms with Crippen LogP contribution in [0.3, 0.4) is 0 Å². The van der Waals surface area contributed by atoms with Crippen molar-refractivity contribution < 1.29 is 5.11 Å². The van der Waals surface area contributed by atoms with Crippen LogP contribution in [0.25, 0.3) is 0 Å². The Morgan fingerprint density at radius 2 is 2.13 bits per heavy atom. The van der Waals surface area contributed by atoms with E-state index in [9.17, 15) is 5.11 Å². The van der Waals surface area contributed by atoms with Gasteiger partial charge in [-0.15, -0.1) is 0 Å². The van der Waals surface area contributed by atoms with Gasteiger partial charge < -0.3 is 10.4 Å². The predicted octanol–water partition coefficient (Wildman–Crippen LogP) is 2.32. The molecule has 0 aliphatic heterocycles. The van der Waals surface area contributed by atoms with Crippen LogP contribution in [-0.4, -0.2) is 23.8 Å². The van der Waals surface area contributed by atoms with Crippen molar-refractivity contribution in [3.8, 4) is 0 Å². The summed E-state index contributed by atoms with van der Waals surface area (Å²) in [6, 6.07) is 1.27. The standard InChI is InChI=1S/C13H25NO/c1-10-5-6-11(8-10)14-12-4-3-7-13(12,2)9-15/h10-12,14-15H,3-9H2,1-2H3. The Morgan fingerprint density at radius 3 is 2.73 bits per heavy atom. The molecule has 0 aromatic rings. The molecule has 88 valence electrons. The van der Waals surface area contributed by atoms with E-state index in [0.29, 0.717) is 18.7 Å². The van der Waals surface area contributed by atoms with Crippen molar-refractivity contribution in [3.05, 3.63) is 0 Å². The maximum atomic E-state index is 9.48. The molecule has 0 spiro atoms. The van der Waals surface area contributed by atoms with E-state index >= 15 is 0 Å². The molecule has 4 atom stereocenters. The number of hydrogen-bond donors (Lipinski definition) is 2. The molecule has 2 heteroatoms. The lowest BCUT2D eigenvalue weighted by molar-refractivity contribution is 0.113. The third kappa shape index (κ3) is 2.36. The highest BCUT2D eigenvalue weighted by molar-refractivity contribution is 4.95. The van der Waals surface area contributed by atoms with E-state index in [0.717, 1.165) is 5.92 Å². The smallest absolute Gasteiger partial charge is 0.0499 e. The van der Waals surface area contributed by atoms with Crippen molar-refractivity contribution >= 4 is 0 Å². The highest BCUT2D eigenvalue weighted by Crippen LogP contribution is 2.38. The molecule has 0 saturated heterocycles. The van der Waals surface area contributed by atoms with Gasteiger partial charge in [0.2, 0.25) is 0 Å². The number of aliphatic hydroxyl groups excluding tert-OH is 1. The zero-order valence-electron chi connectivity index (χ0n) is 10.1. The second-order valence-electron chi connectivity index (χ2n) is 6.04. The van der Waals surface area contributed by atoms with Gasteiger partial charge in [0.15, 0.2) is 0 Å². The van der Waals surface area contributed by atoms with Gasteiger partial charge in [-0.1, -0.05) is 20.3 Å². The highest BCUT2D eigenvalue weighted by Gasteiger charge is 2.39. The Morgan fingerprint density at radius 1 is 1.33 bits per heavy atom. The molecular weight excluding hydrogens is 186 g/mol. The van der Waals surface area contributed by atoms with Crippen LogP contribution in [0.1, 0.15) is 52.4 Å². The van der Waals surface area contributed by atoms with Crippen molar-refractivity contribution in [3.63, 3.8) is 0 Å². The maximum absolute atomic E-state index is 9.48. The average Bonchev–Trinajstić information content (AvgIpc) is 2.76. The summed E-state index contributed by atoms with van der Waals surface area (Å²) in [4.78, 5) is 0. The van der Waals surface area contributed by atoms with Gasteiger partial charge in [0.05, 0.1) is 0 Å². The SMILES string of the molecule is CC1CCC(NC2CCCC2(C)CO)C1. The minimum atomic E-state index is 0.145. The Hall–Kier alpha value is -0.0800. The molecule has 15 heavy (non-hydrogen) atoms. The van der Waals surface area contributed by atoms with Gasteiger partial charge in [0.1, 0.15) is 0 Å². The van der Waals surface area contributed by atoms with Crippen LogP contribution in [0.2, 0.25) is 0 Å². The first-order chi connectivity index (χ1) is 7.14.